The second-order valence-corrected chi connectivity index (χ2v) is 3.95. The van der Waals surface area contributed by atoms with Crippen molar-refractivity contribution in [3.8, 4) is 0 Å². The van der Waals surface area contributed by atoms with Gasteiger partial charge in [-0.25, -0.2) is 0 Å². The molecule has 16 heavy (non-hydrogen) atoms. The minimum atomic E-state index is -0.0994. The van der Waals surface area contributed by atoms with E-state index >= 15 is 0 Å². The van der Waals surface area contributed by atoms with Crippen molar-refractivity contribution in [2.75, 3.05) is 13.1 Å². The molecule has 1 amide bonds. The number of amides is 1. The number of rotatable bonds is 5. The quantitative estimate of drug-likeness (QED) is 0.670. The molecule has 4 nitrogen and oxygen atoms in total. The van der Waals surface area contributed by atoms with Crippen molar-refractivity contribution in [3.05, 3.63) is 35.9 Å². The Hall–Kier alpha value is -1.39. The van der Waals surface area contributed by atoms with Gasteiger partial charge in [0.2, 0.25) is 0 Å². The minimum Gasteiger partial charge on any atom is -0.350 e. The van der Waals surface area contributed by atoms with E-state index in [1.165, 1.54) is 0 Å². The summed E-state index contributed by atoms with van der Waals surface area (Å²) in [7, 11) is 0. The number of nitrogens with two attached hydrogens (primary N) is 2. The molecular formula is C12H19N3O. The van der Waals surface area contributed by atoms with E-state index in [1.807, 2.05) is 25.1 Å². The number of nitrogens with one attached hydrogen (secondary N) is 1. The largest absolute Gasteiger partial charge is 0.350 e. The predicted molar refractivity (Wildman–Crippen MR) is 65.0 cm³/mol. The smallest absolute Gasteiger partial charge is 0.251 e. The third kappa shape index (κ3) is 3.64. The highest BCUT2D eigenvalue weighted by molar-refractivity contribution is 5.94. The highest BCUT2D eigenvalue weighted by Gasteiger charge is 2.12. The second-order valence-electron chi connectivity index (χ2n) is 3.95. The van der Waals surface area contributed by atoms with Crippen LogP contribution in [0.1, 0.15) is 17.3 Å². The molecule has 0 spiro atoms. The molecule has 2 unspecified atom stereocenters. The normalized spacial score (nSPS) is 14.2. The summed E-state index contributed by atoms with van der Waals surface area (Å²) in [5.41, 5.74) is 12.0. The van der Waals surface area contributed by atoms with Gasteiger partial charge in [0, 0.05) is 18.2 Å². The van der Waals surface area contributed by atoms with E-state index in [-0.39, 0.29) is 17.9 Å². The first-order valence-electron chi connectivity index (χ1n) is 5.44. The number of benzene rings is 1. The van der Waals surface area contributed by atoms with Crippen LogP contribution >= 0.6 is 0 Å². The van der Waals surface area contributed by atoms with Crippen LogP contribution in [0.2, 0.25) is 0 Å². The van der Waals surface area contributed by atoms with E-state index in [9.17, 15) is 4.79 Å². The molecule has 1 rings (SSSR count). The van der Waals surface area contributed by atoms with Crippen LogP contribution in [0.3, 0.4) is 0 Å². The lowest BCUT2D eigenvalue weighted by molar-refractivity contribution is 0.0949. The van der Waals surface area contributed by atoms with Crippen LogP contribution in [-0.4, -0.2) is 25.0 Å². The van der Waals surface area contributed by atoms with Crippen molar-refractivity contribution in [3.63, 3.8) is 0 Å². The summed E-state index contributed by atoms with van der Waals surface area (Å²) in [6.07, 6.45) is 0. The van der Waals surface area contributed by atoms with Gasteiger partial charge in [0.25, 0.3) is 5.91 Å². The zero-order valence-corrected chi connectivity index (χ0v) is 9.52. The van der Waals surface area contributed by atoms with E-state index in [0.29, 0.717) is 18.7 Å². The maximum Gasteiger partial charge on any atom is 0.251 e. The molecule has 2 atom stereocenters. The van der Waals surface area contributed by atoms with Crippen molar-refractivity contribution < 1.29 is 4.79 Å². The maximum absolute atomic E-state index is 11.7. The van der Waals surface area contributed by atoms with E-state index in [4.69, 9.17) is 11.5 Å². The topological polar surface area (TPSA) is 81.1 Å². The van der Waals surface area contributed by atoms with Crippen molar-refractivity contribution in [1.82, 2.24) is 5.32 Å². The van der Waals surface area contributed by atoms with Gasteiger partial charge in [-0.15, -0.1) is 0 Å². The molecule has 88 valence electrons. The SMILES string of the molecule is CC(CN)C(N)CNC(=O)c1ccccc1. The molecule has 0 fully saturated rings. The fourth-order valence-corrected chi connectivity index (χ4v) is 1.28. The molecule has 1 aromatic carbocycles. The highest BCUT2D eigenvalue weighted by Crippen LogP contribution is 1.99. The molecule has 0 saturated heterocycles. The molecule has 0 aliphatic rings. The average molecular weight is 221 g/mol. The molecule has 0 saturated carbocycles. The van der Waals surface area contributed by atoms with Gasteiger partial charge < -0.3 is 16.8 Å². The van der Waals surface area contributed by atoms with Crippen LogP contribution in [-0.2, 0) is 0 Å². The molecule has 0 aliphatic carbocycles. The van der Waals surface area contributed by atoms with Gasteiger partial charge in [0.15, 0.2) is 0 Å². The Kier molecular flexibility index (Phi) is 4.95. The van der Waals surface area contributed by atoms with Crippen LogP contribution in [0, 0.1) is 5.92 Å². The lowest BCUT2D eigenvalue weighted by Crippen LogP contribution is -2.43. The Bertz CT molecular complexity index is 326. The number of hydrogen-bond acceptors (Lipinski definition) is 3. The van der Waals surface area contributed by atoms with Gasteiger partial charge in [0.1, 0.15) is 0 Å². The Labute approximate surface area is 96.0 Å². The molecule has 0 heterocycles. The van der Waals surface area contributed by atoms with Crippen molar-refractivity contribution >= 4 is 5.91 Å². The summed E-state index contributed by atoms with van der Waals surface area (Å²) < 4.78 is 0. The third-order valence-electron chi connectivity index (χ3n) is 2.64. The molecule has 0 bridgehead atoms. The first-order chi connectivity index (χ1) is 7.65. The predicted octanol–water partition coefficient (Wildman–Crippen LogP) is 0.339. The van der Waals surface area contributed by atoms with Gasteiger partial charge in [-0.1, -0.05) is 25.1 Å². The van der Waals surface area contributed by atoms with Gasteiger partial charge >= 0.3 is 0 Å². The minimum absolute atomic E-state index is 0.0970. The van der Waals surface area contributed by atoms with Gasteiger partial charge in [0.05, 0.1) is 0 Å². The lowest BCUT2D eigenvalue weighted by Gasteiger charge is -2.18. The Morgan fingerprint density at radius 1 is 1.38 bits per heavy atom. The molecule has 0 aromatic heterocycles. The molecule has 0 aliphatic heterocycles. The van der Waals surface area contributed by atoms with Gasteiger partial charge in [-0.05, 0) is 24.6 Å². The number of hydrogen-bond donors (Lipinski definition) is 3. The summed E-state index contributed by atoms with van der Waals surface area (Å²) >= 11 is 0. The van der Waals surface area contributed by atoms with Crippen LogP contribution < -0.4 is 16.8 Å². The zero-order valence-electron chi connectivity index (χ0n) is 9.52. The summed E-state index contributed by atoms with van der Waals surface area (Å²) in [5, 5.41) is 2.79. The first-order valence-corrected chi connectivity index (χ1v) is 5.44. The van der Waals surface area contributed by atoms with E-state index < -0.39 is 0 Å². The van der Waals surface area contributed by atoms with Crippen LogP contribution in [0.15, 0.2) is 30.3 Å². The molecule has 5 N–H and O–H groups in total. The van der Waals surface area contributed by atoms with Crippen LogP contribution in [0.5, 0.6) is 0 Å². The summed E-state index contributed by atoms with van der Waals surface area (Å²) in [6.45, 7) is 2.95. The van der Waals surface area contributed by atoms with Crippen molar-refractivity contribution in [1.29, 1.82) is 0 Å². The van der Waals surface area contributed by atoms with Crippen molar-refractivity contribution in [2.24, 2.45) is 17.4 Å². The Morgan fingerprint density at radius 3 is 2.56 bits per heavy atom. The van der Waals surface area contributed by atoms with E-state index in [1.54, 1.807) is 12.1 Å². The lowest BCUT2D eigenvalue weighted by atomic mass is 10.0. The summed E-state index contributed by atoms with van der Waals surface area (Å²) in [4.78, 5) is 11.7. The molecule has 0 radical (unpaired) electrons. The van der Waals surface area contributed by atoms with Crippen LogP contribution in [0.25, 0.3) is 0 Å². The standard InChI is InChI=1S/C12H19N3O/c1-9(7-13)11(14)8-15-12(16)10-5-3-2-4-6-10/h2-6,9,11H,7-8,13-14H2,1H3,(H,15,16). The fourth-order valence-electron chi connectivity index (χ4n) is 1.28. The second kappa shape index (κ2) is 6.25. The van der Waals surface area contributed by atoms with E-state index in [0.717, 1.165) is 0 Å². The van der Waals surface area contributed by atoms with Crippen LogP contribution in [0.4, 0.5) is 0 Å². The third-order valence-corrected chi connectivity index (χ3v) is 2.64. The highest BCUT2D eigenvalue weighted by atomic mass is 16.1. The Balaban J connectivity index is 2.42. The van der Waals surface area contributed by atoms with Crippen molar-refractivity contribution in [2.45, 2.75) is 13.0 Å². The molecule has 1 aromatic rings. The summed E-state index contributed by atoms with van der Waals surface area (Å²) in [5.74, 6) is 0.108. The molecule has 4 heteroatoms. The number of carbonyl (C=O) groups is 1. The fraction of sp³-hybridized carbons (Fsp3) is 0.417. The molecular weight excluding hydrogens is 202 g/mol. The van der Waals surface area contributed by atoms with Gasteiger partial charge in [-0.3, -0.25) is 4.79 Å². The first kappa shape index (κ1) is 12.7. The zero-order chi connectivity index (χ0) is 12.0. The maximum atomic E-state index is 11.7. The van der Waals surface area contributed by atoms with Gasteiger partial charge in [-0.2, -0.15) is 0 Å². The Morgan fingerprint density at radius 2 is 2.00 bits per heavy atom. The number of carbonyl (C=O) groups excluding carboxylic acids is 1. The van der Waals surface area contributed by atoms with E-state index in [2.05, 4.69) is 5.32 Å². The average Bonchev–Trinajstić information content (AvgIpc) is 2.35. The monoisotopic (exact) mass is 221 g/mol. The summed E-state index contributed by atoms with van der Waals surface area (Å²) in [6, 6.07) is 8.98.